The molecule has 0 bridgehead atoms. The average molecular weight is 269 g/mol. The molecule has 9 heteroatoms. The summed E-state index contributed by atoms with van der Waals surface area (Å²) in [6.07, 6.45) is -5.27. The highest BCUT2D eigenvalue weighted by Crippen LogP contribution is 2.24. The molecule has 0 radical (unpaired) electrons. The van der Waals surface area contributed by atoms with Crippen molar-refractivity contribution in [2.75, 3.05) is 5.32 Å². The van der Waals surface area contributed by atoms with Crippen molar-refractivity contribution in [1.82, 2.24) is 0 Å². The zero-order valence-electron chi connectivity index (χ0n) is 8.31. The van der Waals surface area contributed by atoms with E-state index in [4.69, 9.17) is 5.11 Å². The van der Waals surface area contributed by atoms with E-state index in [9.17, 15) is 31.5 Å². The van der Waals surface area contributed by atoms with Gasteiger partial charge in [0.15, 0.2) is 5.82 Å². The van der Waals surface area contributed by atoms with Crippen molar-refractivity contribution in [2.45, 2.75) is 6.18 Å². The van der Waals surface area contributed by atoms with E-state index in [2.05, 4.69) is 0 Å². The van der Waals surface area contributed by atoms with Gasteiger partial charge in [0.05, 0.1) is 5.69 Å². The predicted octanol–water partition coefficient (Wildman–Crippen LogP) is 2.16. The molecule has 0 aliphatic heterocycles. The van der Waals surface area contributed by atoms with E-state index < -0.39 is 40.9 Å². The summed E-state index contributed by atoms with van der Waals surface area (Å²) in [4.78, 5) is 21.0. The van der Waals surface area contributed by atoms with Gasteiger partial charge < -0.3 is 10.4 Å². The first-order valence-corrected chi connectivity index (χ1v) is 4.24. The molecule has 0 atom stereocenters. The number of carboxylic acids is 1. The van der Waals surface area contributed by atoms with Crippen molar-refractivity contribution in [3.63, 3.8) is 0 Å². The predicted molar refractivity (Wildman–Crippen MR) is 48.0 cm³/mol. The molecule has 0 unspecified atom stereocenters. The van der Waals surface area contributed by atoms with Crippen molar-refractivity contribution in [3.8, 4) is 0 Å². The average Bonchev–Trinajstić information content (AvgIpc) is 2.20. The van der Waals surface area contributed by atoms with Gasteiger partial charge >= 0.3 is 18.1 Å². The number of nitrogens with one attached hydrogen (secondary N) is 1. The topological polar surface area (TPSA) is 66.4 Å². The number of hydrogen-bond donors (Lipinski definition) is 2. The Balaban J connectivity index is 3.17. The Kier molecular flexibility index (Phi) is 3.54. The van der Waals surface area contributed by atoms with Gasteiger partial charge in [0.25, 0.3) is 0 Å². The third-order valence-corrected chi connectivity index (χ3v) is 1.81. The molecular weight excluding hydrogens is 265 g/mol. The SMILES string of the molecule is O=C(O)c1c(F)ccc(NC(=O)C(F)(F)F)c1F. The Morgan fingerprint density at radius 1 is 1.17 bits per heavy atom. The van der Waals surface area contributed by atoms with Crippen molar-refractivity contribution in [2.24, 2.45) is 0 Å². The third kappa shape index (κ3) is 2.73. The lowest BCUT2D eigenvalue weighted by Crippen LogP contribution is -2.30. The number of anilines is 1. The summed E-state index contributed by atoms with van der Waals surface area (Å²) < 4.78 is 61.9. The number of aromatic carboxylic acids is 1. The molecule has 1 aromatic rings. The van der Waals surface area contributed by atoms with E-state index in [0.29, 0.717) is 12.1 Å². The summed E-state index contributed by atoms with van der Waals surface area (Å²) in [7, 11) is 0. The molecule has 18 heavy (non-hydrogen) atoms. The van der Waals surface area contributed by atoms with Crippen molar-refractivity contribution < 1.29 is 36.6 Å². The molecule has 0 aliphatic rings. The number of hydrogen-bond acceptors (Lipinski definition) is 2. The van der Waals surface area contributed by atoms with Crippen molar-refractivity contribution >= 4 is 17.6 Å². The van der Waals surface area contributed by atoms with Gasteiger partial charge in [0.2, 0.25) is 0 Å². The fourth-order valence-corrected chi connectivity index (χ4v) is 1.04. The lowest BCUT2D eigenvalue weighted by molar-refractivity contribution is -0.167. The van der Waals surface area contributed by atoms with Crippen molar-refractivity contribution in [3.05, 3.63) is 29.3 Å². The first kappa shape index (κ1) is 13.9. The summed E-state index contributed by atoms with van der Waals surface area (Å²) in [5.41, 5.74) is -2.52. The molecule has 98 valence electrons. The fourth-order valence-electron chi connectivity index (χ4n) is 1.04. The zero-order valence-corrected chi connectivity index (χ0v) is 8.31. The normalized spacial score (nSPS) is 11.2. The van der Waals surface area contributed by atoms with E-state index in [1.807, 2.05) is 0 Å². The van der Waals surface area contributed by atoms with Gasteiger partial charge in [-0.3, -0.25) is 4.79 Å². The number of halogens is 5. The maximum atomic E-state index is 13.3. The van der Waals surface area contributed by atoms with Crippen LogP contribution in [-0.4, -0.2) is 23.2 Å². The maximum absolute atomic E-state index is 13.3. The van der Waals surface area contributed by atoms with Gasteiger partial charge in [-0.25, -0.2) is 13.6 Å². The summed E-state index contributed by atoms with van der Waals surface area (Å²) in [5, 5.41) is 9.55. The molecule has 1 rings (SSSR count). The van der Waals surface area contributed by atoms with Crippen LogP contribution in [0.1, 0.15) is 10.4 Å². The largest absolute Gasteiger partial charge is 0.477 e. The van der Waals surface area contributed by atoms with Crippen LogP contribution >= 0.6 is 0 Å². The smallest absolute Gasteiger partial charge is 0.471 e. The number of alkyl halides is 3. The minimum absolute atomic E-state index is 0.429. The van der Waals surface area contributed by atoms with Crippen LogP contribution in [0.4, 0.5) is 27.6 Å². The molecule has 0 spiro atoms. The van der Waals surface area contributed by atoms with Gasteiger partial charge in [-0.15, -0.1) is 0 Å². The van der Waals surface area contributed by atoms with Crippen LogP contribution in [0.25, 0.3) is 0 Å². The molecule has 0 heterocycles. The monoisotopic (exact) mass is 269 g/mol. The van der Waals surface area contributed by atoms with Gasteiger partial charge in [0, 0.05) is 0 Å². The fraction of sp³-hybridized carbons (Fsp3) is 0.111. The van der Waals surface area contributed by atoms with Crippen LogP contribution in [-0.2, 0) is 4.79 Å². The Bertz CT molecular complexity index is 512. The molecule has 0 aliphatic carbocycles. The van der Waals surface area contributed by atoms with Gasteiger partial charge in [-0.1, -0.05) is 0 Å². The number of carbonyl (C=O) groups excluding carboxylic acids is 1. The summed E-state index contributed by atoms with van der Waals surface area (Å²) >= 11 is 0. The van der Waals surface area contributed by atoms with E-state index in [-0.39, 0.29) is 0 Å². The van der Waals surface area contributed by atoms with Gasteiger partial charge in [0.1, 0.15) is 11.4 Å². The summed E-state index contributed by atoms with van der Waals surface area (Å²) in [6.45, 7) is 0. The molecule has 1 amide bonds. The molecule has 4 nitrogen and oxygen atoms in total. The minimum Gasteiger partial charge on any atom is -0.477 e. The number of rotatable bonds is 2. The highest BCUT2D eigenvalue weighted by Gasteiger charge is 2.39. The Morgan fingerprint density at radius 2 is 1.72 bits per heavy atom. The number of carbonyl (C=O) groups is 2. The van der Waals surface area contributed by atoms with Crippen LogP contribution in [0.5, 0.6) is 0 Å². The highest BCUT2D eigenvalue weighted by atomic mass is 19.4. The molecule has 0 fully saturated rings. The first-order chi connectivity index (χ1) is 8.14. The number of carboxylic acid groups (broad SMARTS) is 1. The van der Waals surface area contributed by atoms with Crippen LogP contribution in [0, 0.1) is 11.6 Å². The quantitative estimate of drug-likeness (QED) is 0.808. The highest BCUT2D eigenvalue weighted by molar-refractivity contribution is 5.97. The standard InChI is InChI=1S/C9H4F5NO3/c10-3-1-2-4(6(11)5(3)7(16)17)15-8(18)9(12,13)14/h1-2H,(H,15,18)(H,16,17). The lowest BCUT2D eigenvalue weighted by atomic mass is 10.1. The second-order valence-electron chi connectivity index (χ2n) is 3.04. The minimum atomic E-state index is -5.27. The van der Waals surface area contributed by atoms with Crippen molar-refractivity contribution in [1.29, 1.82) is 0 Å². The Hall–Kier alpha value is -2.19. The molecule has 0 saturated carbocycles. The van der Waals surface area contributed by atoms with Crippen LogP contribution in [0.3, 0.4) is 0 Å². The maximum Gasteiger partial charge on any atom is 0.471 e. The Morgan fingerprint density at radius 3 is 2.17 bits per heavy atom. The third-order valence-electron chi connectivity index (χ3n) is 1.81. The number of amides is 1. The second kappa shape index (κ2) is 4.59. The molecule has 0 saturated heterocycles. The molecule has 0 aromatic heterocycles. The first-order valence-electron chi connectivity index (χ1n) is 4.24. The number of benzene rings is 1. The van der Waals surface area contributed by atoms with Crippen LogP contribution in [0.15, 0.2) is 12.1 Å². The zero-order chi connectivity index (χ0) is 14.1. The van der Waals surface area contributed by atoms with Crippen LogP contribution in [0.2, 0.25) is 0 Å². The lowest BCUT2D eigenvalue weighted by Gasteiger charge is -2.10. The van der Waals surface area contributed by atoms with Gasteiger partial charge in [-0.2, -0.15) is 13.2 Å². The Labute approximate surface area is 96.0 Å². The molecular formula is C9H4F5NO3. The van der Waals surface area contributed by atoms with E-state index >= 15 is 0 Å². The molecule has 2 N–H and O–H groups in total. The summed E-state index contributed by atoms with van der Waals surface area (Å²) in [6, 6.07) is 0.916. The van der Waals surface area contributed by atoms with E-state index in [1.165, 1.54) is 0 Å². The second-order valence-corrected chi connectivity index (χ2v) is 3.04. The van der Waals surface area contributed by atoms with Crippen LogP contribution < -0.4 is 5.32 Å². The summed E-state index contributed by atoms with van der Waals surface area (Å²) in [5.74, 6) is -7.76. The van der Waals surface area contributed by atoms with Gasteiger partial charge in [-0.05, 0) is 12.1 Å². The van der Waals surface area contributed by atoms with E-state index in [1.54, 1.807) is 0 Å². The molecule has 1 aromatic carbocycles. The van der Waals surface area contributed by atoms with E-state index in [0.717, 1.165) is 5.32 Å².